The first kappa shape index (κ1) is 14.1. The first-order chi connectivity index (χ1) is 10.1. The number of ketones is 1. The van der Waals surface area contributed by atoms with E-state index in [-0.39, 0.29) is 5.78 Å². The molecule has 0 fully saturated rings. The Kier molecular flexibility index (Phi) is 3.96. The molecule has 0 radical (unpaired) electrons. The quantitative estimate of drug-likeness (QED) is 0.577. The molecule has 3 heteroatoms. The largest absolute Gasteiger partial charge is 0.294 e. The molecule has 0 saturated carbocycles. The highest BCUT2D eigenvalue weighted by Crippen LogP contribution is 2.27. The van der Waals surface area contributed by atoms with E-state index in [1.54, 1.807) is 18.2 Å². The Hall–Kier alpha value is -1.83. The van der Waals surface area contributed by atoms with Crippen molar-refractivity contribution in [2.24, 2.45) is 0 Å². The van der Waals surface area contributed by atoms with E-state index >= 15 is 0 Å². The number of carbonyl (C=O) groups is 1. The number of benzene rings is 3. The van der Waals surface area contributed by atoms with Crippen molar-refractivity contribution < 1.29 is 4.79 Å². The van der Waals surface area contributed by atoms with Gasteiger partial charge in [-0.05, 0) is 35.2 Å². The minimum Gasteiger partial charge on any atom is -0.294 e. The molecule has 0 aliphatic carbocycles. The summed E-state index contributed by atoms with van der Waals surface area (Å²) in [5.41, 5.74) is 1.60. The summed E-state index contributed by atoms with van der Waals surface area (Å²) in [5, 5.41) is 3.08. The van der Waals surface area contributed by atoms with Crippen LogP contribution in [0.5, 0.6) is 0 Å². The SMILES string of the molecule is O=C(Cc1cccc(Cl)c1)c1ccc(Cl)c2ccccc12. The third-order valence-corrected chi connectivity index (χ3v) is 3.99. The van der Waals surface area contributed by atoms with Gasteiger partial charge >= 0.3 is 0 Å². The zero-order chi connectivity index (χ0) is 14.8. The predicted molar refractivity (Wildman–Crippen MR) is 88.4 cm³/mol. The molecule has 0 heterocycles. The van der Waals surface area contributed by atoms with Crippen molar-refractivity contribution in [3.63, 3.8) is 0 Å². The van der Waals surface area contributed by atoms with Crippen molar-refractivity contribution >= 4 is 39.8 Å². The first-order valence-corrected chi connectivity index (χ1v) is 7.35. The molecule has 0 amide bonds. The molecule has 0 atom stereocenters. The summed E-state index contributed by atoms with van der Waals surface area (Å²) in [6.07, 6.45) is 0.326. The fourth-order valence-corrected chi connectivity index (χ4v) is 2.87. The lowest BCUT2D eigenvalue weighted by Crippen LogP contribution is -2.04. The van der Waals surface area contributed by atoms with E-state index in [4.69, 9.17) is 23.2 Å². The van der Waals surface area contributed by atoms with Crippen molar-refractivity contribution in [1.82, 2.24) is 0 Å². The van der Waals surface area contributed by atoms with Gasteiger partial charge in [-0.3, -0.25) is 4.79 Å². The van der Waals surface area contributed by atoms with E-state index < -0.39 is 0 Å². The first-order valence-electron chi connectivity index (χ1n) is 6.60. The second kappa shape index (κ2) is 5.88. The summed E-state index contributed by atoms with van der Waals surface area (Å²) in [7, 11) is 0. The highest BCUT2D eigenvalue weighted by Gasteiger charge is 2.12. The normalized spacial score (nSPS) is 10.8. The van der Waals surface area contributed by atoms with Crippen LogP contribution in [-0.2, 0) is 6.42 Å². The van der Waals surface area contributed by atoms with Crippen molar-refractivity contribution in [2.45, 2.75) is 6.42 Å². The standard InChI is InChI=1S/C18H12Cl2O/c19-13-5-3-4-12(10-13)11-18(21)16-8-9-17(20)15-7-2-1-6-14(15)16/h1-10H,11H2. The molecular weight excluding hydrogens is 303 g/mol. The van der Waals surface area contributed by atoms with E-state index in [0.29, 0.717) is 22.0 Å². The van der Waals surface area contributed by atoms with Crippen LogP contribution in [0.15, 0.2) is 60.7 Å². The summed E-state index contributed by atoms with van der Waals surface area (Å²) < 4.78 is 0. The second-order valence-corrected chi connectivity index (χ2v) is 5.71. The number of hydrogen-bond donors (Lipinski definition) is 0. The van der Waals surface area contributed by atoms with Gasteiger partial charge in [-0.2, -0.15) is 0 Å². The van der Waals surface area contributed by atoms with Crippen LogP contribution in [0.3, 0.4) is 0 Å². The molecule has 3 aromatic carbocycles. The second-order valence-electron chi connectivity index (χ2n) is 4.87. The van der Waals surface area contributed by atoms with Crippen LogP contribution in [0, 0.1) is 0 Å². The van der Waals surface area contributed by atoms with Crippen LogP contribution < -0.4 is 0 Å². The zero-order valence-electron chi connectivity index (χ0n) is 11.1. The monoisotopic (exact) mass is 314 g/mol. The topological polar surface area (TPSA) is 17.1 Å². The highest BCUT2D eigenvalue weighted by atomic mass is 35.5. The smallest absolute Gasteiger partial charge is 0.167 e. The fourth-order valence-electron chi connectivity index (χ4n) is 2.43. The molecule has 0 saturated heterocycles. The molecule has 0 aliphatic rings. The van der Waals surface area contributed by atoms with Crippen LogP contribution in [0.1, 0.15) is 15.9 Å². The van der Waals surface area contributed by atoms with Crippen LogP contribution in [0.25, 0.3) is 10.8 Å². The summed E-state index contributed by atoms with van der Waals surface area (Å²) in [4.78, 5) is 12.6. The van der Waals surface area contributed by atoms with Gasteiger partial charge in [0, 0.05) is 27.4 Å². The van der Waals surface area contributed by atoms with Gasteiger partial charge in [-0.1, -0.05) is 59.6 Å². The predicted octanol–water partition coefficient (Wildman–Crippen LogP) is 5.57. The van der Waals surface area contributed by atoms with Crippen molar-refractivity contribution in [1.29, 1.82) is 0 Å². The molecule has 0 bridgehead atoms. The van der Waals surface area contributed by atoms with Gasteiger partial charge < -0.3 is 0 Å². The summed E-state index contributed by atoms with van der Waals surface area (Å²) in [5.74, 6) is 0.0603. The maximum absolute atomic E-state index is 12.6. The molecule has 0 aliphatic heterocycles. The number of carbonyl (C=O) groups excluding carboxylic acids is 1. The van der Waals surface area contributed by atoms with Gasteiger partial charge in [0.05, 0.1) is 0 Å². The van der Waals surface area contributed by atoms with Crippen LogP contribution in [0.2, 0.25) is 10.0 Å². The lowest BCUT2D eigenvalue weighted by atomic mass is 9.97. The Labute approximate surface area is 133 Å². The van der Waals surface area contributed by atoms with Crippen molar-refractivity contribution in [2.75, 3.05) is 0 Å². The van der Waals surface area contributed by atoms with Gasteiger partial charge in [-0.25, -0.2) is 0 Å². The van der Waals surface area contributed by atoms with Gasteiger partial charge in [-0.15, -0.1) is 0 Å². The molecule has 0 unspecified atom stereocenters. The summed E-state index contributed by atoms with van der Waals surface area (Å²) >= 11 is 12.1. The average Bonchev–Trinajstić information content (AvgIpc) is 2.48. The molecular formula is C18H12Cl2O. The molecule has 3 aromatic rings. The number of hydrogen-bond acceptors (Lipinski definition) is 1. The van der Waals surface area contributed by atoms with Crippen molar-refractivity contribution in [3.05, 3.63) is 81.8 Å². The van der Waals surface area contributed by atoms with E-state index in [1.807, 2.05) is 42.5 Å². The van der Waals surface area contributed by atoms with Gasteiger partial charge in [0.15, 0.2) is 5.78 Å². The van der Waals surface area contributed by atoms with E-state index in [9.17, 15) is 4.79 Å². The Morgan fingerprint density at radius 3 is 2.38 bits per heavy atom. The Morgan fingerprint density at radius 2 is 1.62 bits per heavy atom. The summed E-state index contributed by atoms with van der Waals surface area (Å²) in [6.45, 7) is 0. The lowest BCUT2D eigenvalue weighted by Gasteiger charge is -2.07. The number of Topliss-reactive ketones (excluding diaryl/α,β-unsaturated/α-hetero) is 1. The number of halogens is 2. The van der Waals surface area contributed by atoms with E-state index in [0.717, 1.165) is 16.3 Å². The highest BCUT2D eigenvalue weighted by molar-refractivity contribution is 6.36. The number of rotatable bonds is 3. The molecule has 0 N–H and O–H groups in total. The third-order valence-electron chi connectivity index (χ3n) is 3.42. The van der Waals surface area contributed by atoms with Crippen LogP contribution in [-0.4, -0.2) is 5.78 Å². The maximum atomic E-state index is 12.6. The molecule has 1 nitrogen and oxygen atoms in total. The Morgan fingerprint density at radius 1 is 0.857 bits per heavy atom. The summed E-state index contributed by atoms with van der Waals surface area (Å²) in [6, 6.07) is 18.6. The van der Waals surface area contributed by atoms with Gasteiger partial charge in [0.1, 0.15) is 0 Å². The lowest BCUT2D eigenvalue weighted by molar-refractivity contribution is 0.0994. The molecule has 0 aromatic heterocycles. The molecule has 21 heavy (non-hydrogen) atoms. The molecule has 0 spiro atoms. The molecule has 104 valence electrons. The zero-order valence-corrected chi connectivity index (χ0v) is 12.7. The van der Waals surface area contributed by atoms with Crippen molar-refractivity contribution in [3.8, 4) is 0 Å². The molecule has 3 rings (SSSR count). The van der Waals surface area contributed by atoms with Crippen LogP contribution in [0.4, 0.5) is 0 Å². The van der Waals surface area contributed by atoms with Crippen LogP contribution >= 0.6 is 23.2 Å². The average molecular weight is 315 g/mol. The minimum absolute atomic E-state index is 0.0603. The maximum Gasteiger partial charge on any atom is 0.167 e. The minimum atomic E-state index is 0.0603. The third kappa shape index (κ3) is 2.94. The van der Waals surface area contributed by atoms with Gasteiger partial charge in [0.25, 0.3) is 0 Å². The Balaban J connectivity index is 2.01. The van der Waals surface area contributed by atoms with E-state index in [2.05, 4.69) is 0 Å². The Bertz CT molecular complexity index is 824. The number of fused-ring (bicyclic) bond motifs is 1. The van der Waals surface area contributed by atoms with Gasteiger partial charge in [0.2, 0.25) is 0 Å². The van der Waals surface area contributed by atoms with E-state index in [1.165, 1.54) is 0 Å². The fraction of sp³-hybridized carbons (Fsp3) is 0.0556.